The molecule has 0 aliphatic heterocycles. The molecule has 19 rings (SSSR count). The second-order valence-corrected chi connectivity index (χ2v) is 24.8. The minimum atomic E-state index is 0.888. The number of hydrogen-bond acceptors (Lipinski definition) is 2. The fourth-order valence-corrected chi connectivity index (χ4v) is 16.1. The predicted octanol–water partition coefficient (Wildman–Crippen LogP) is 25.2. The third kappa shape index (κ3) is 7.53. The van der Waals surface area contributed by atoms with Crippen LogP contribution in [0, 0.1) is 0 Å². The van der Waals surface area contributed by atoms with Crippen LogP contribution in [0.5, 0.6) is 0 Å². The topological polar surface area (TPSA) is 13.1 Å². The van der Waals surface area contributed by atoms with E-state index in [0.717, 1.165) is 27.3 Å². The third-order valence-electron chi connectivity index (χ3n) is 18.9. The number of thiophene rings is 1. The van der Waals surface area contributed by atoms with Crippen LogP contribution < -0.4 is 0 Å². The van der Waals surface area contributed by atoms with Crippen molar-refractivity contribution in [3.05, 3.63) is 303 Å². The van der Waals surface area contributed by atoms with Gasteiger partial charge in [-0.25, -0.2) is 0 Å². The Labute approximate surface area is 510 Å². The summed E-state index contributed by atoms with van der Waals surface area (Å²) in [6.45, 7) is 0. The zero-order chi connectivity index (χ0) is 57.6. The molecule has 0 unspecified atom stereocenters. The molecule has 2 heterocycles. The Morgan fingerprint density at radius 3 is 1.27 bits per heavy atom. The van der Waals surface area contributed by atoms with Gasteiger partial charge in [0, 0.05) is 30.9 Å². The number of hydrogen-bond donors (Lipinski definition) is 0. The van der Waals surface area contributed by atoms with Crippen LogP contribution in [0.2, 0.25) is 0 Å². The lowest BCUT2D eigenvalue weighted by Gasteiger charge is -2.18. The first-order valence-electron chi connectivity index (χ1n) is 30.4. The highest BCUT2D eigenvalue weighted by Gasteiger charge is 2.21. The first kappa shape index (κ1) is 49.1. The van der Waals surface area contributed by atoms with Crippen LogP contribution in [-0.4, -0.2) is 0 Å². The van der Waals surface area contributed by atoms with Crippen molar-refractivity contribution in [1.82, 2.24) is 0 Å². The van der Waals surface area contributed by atoms with Crippen LogP contribution in [0.25, 0.3) is 195 Å². The van der Waals surface area contributed by atoms with Gasteiger partial charge in [0.05, 0.1) is 0 Å². The molecule has 0 fully saturated rings. The quantitative estimate of drug-likeness (QED) is 0.119. The van der Waals surface area contributed by atoms with E-state index in [0.29, 0.717) is 0 Å². The maximum atomic E-state index is 6.74. The van der Waals surface area contributed by atoms with E-state index in [1.807, 2.05) is 11.3 Å². The molecule has 88 heavy (non-hydrogen) atoms. The SMILES string of the molecule is c1ccc(-c2c3ccccc3c(-c3cccc(-c4ccc5sc6c7ccc(-c8ccc9cc%10c(cc9c8)oc8ccc(-c9c%11ccccc%11c(-c%11ccc%12ccc%13ccccc%13c%12c%11)c%11ccccc9%11)cc8%10)cc7ccc6c5c4)c3)c3ccccc23)cc1. The summed E-state index contributed by atoms with van der Waals surface area (Å²) in [4.78, 5) is 0. The molecule has 0 atom stereocenters. The highest BCUT2D eigenvalue weighted by Crippen LogP contribution is 2.49. The molecule has 0 saturated heterocycles. The molecule has 0 radical (unpaired) electrons. The van der Waals surface area contributed by atoms with Gasteiger partial charge in [0.2, 0.25) is 0 Å². The molecule has 0 aliphatic carbocycles. The van der Waals surface area contributed by atoms with Crippen molar-refractivity contribution >= 4 is 140 Å². The minimum absolute atomic E-state index is 0.888. The molecule has 17 aromatic carbocycles. The number of furan rings is 1. The second kappa shape index (κ2) is 19.2. The number of fused-ring (bicyclic) bond motifs is 16. The molecule has 0 bridgehead atoms. The van der Waals surface area contributed by atoms with Crippen LogP contribution in [-0.2, 0) is 0 Å². The van der Waals surface area contributed by atoms with Gasteiger partial charge in [-0.3, -0.25) is 0 Å². The lowest BCUT2D eigenvalue weighted by atomic mass is 9.85. The lowest BCUT2D eigenvalue weighted by Crippen LogP contribution is -1.91. The van der Waals surface area contributed by atoms with Crippen LogP contribution in [0.3, 0.4) is 0 Å². The predicted molar refractivity (Wildman–Crippen MR) is 379 cm³/mol. The van der Waals surface area contributed by atoms with Gasteiger partial charge in [-0.15, -0.1) is 11.3 Å². The summed E-state index contributed by atoms with van der Waals surface area (Å²) >= 11 is 1.89. The Balaban J connectivity index is 0.659. The zero-order valence-electron chi connectivity index (χ0n) is 47.7. The summed E-state index contributed by atoms with van der Waals surface area (Å²) in [5.41, 5.74) is 16.5. The monoisotopic (exact) mass is 1130 g/mol. The molecule has 0 spiro atoms. The van der Waals surface area contributed by atoms with E-state index >= 15 is 0 Å². The second-order valence-electron chi connectivity index (χ2n) is 23.8. The first-order chi connectivity index (χ1) is 43.6. The smallest absolute Gasteiger partial charge is 0.136 e. The highest BCUT2D eigenvalue weighted by molar-refractivity contribution is 7.26. The van der Waals surface area contributed by atoms with Gasteiger partial charge in [0.15, 0.2) is 0 Å². The number of rotatable bonds is 6. The van der Waals surface area contributed by atoms with Gasteiger partial charge in [0.25, 0.3) is 0 Å². The molecule has 0 aliphatic rings. The molecule has 0 amide bonds. The fourth-order valence-electron chi connectivity index (χ4n) is 14.9. The first-order valence-corrected chi connectivity index (χ1v) is 31.2. The largest absolute Gasteiger partial charge is 0.456 e. The average Bonchev–Trinajstić information content (AvgIpc) is 0.946. The molecule has 2 aromatic heterocycles. The van der Waals surface area contributed by atoms with Gasteiger partial charge in [0.1, 0.15) is 11.2 Å². The summed E-state index contributed by atoms with van der Waals surface area (Å²) in [6.07, 6.45) is 0. The van der Waals surface area contributed by atoms with E-state index in [4.69, 9.17) is 4.42 Å². The van der Waals surface area contributed by atoms with Crippen molar-refractivity contribution in [3.8, 4) is 66.8 Å². The Bertz CT molecular complexity index is 6060. The summed E-state index contributed by atoms with van der Waals surface area (Å²) in [5.74, 6) is 0. The zero-order valence-corrected chi connectivity index (χ0v) is 48.5. The van der Waals surface area contributed by atoms with Crippen molar-refractivity contribution in [3.63, 3.8) is 0 Å². The van der Waals surface area contributed by atoms with Crippen LogP contribution >= 0.6 is 11.3 Å². The van der Waals surface area contributed by atoms with Crippen LogP contribution in [0.15, 0.2) is 308 Å². The highest BCUT2D eigenvalue weighted by atomic mass is 32.1. The fraction of sp³-hybridized carbons (Fsp3) is 0. The summed E-state index contributed by atoms with van der Waals surface area (Å²) in [5, 5.41) is 24.8. The maximum absolute atomic E-state index is 6.74. The normalized spacial score (nSPS) is 12.1. The summed E-state index contributed by atoms with van der Waals surface area (Å²) in [7, 11) is 0. The molecule has 2 heteroatoms. The molecular weight excluding hydrogens is 1080 g/mol. The van der Waals surface area contributed by atoms with E-state index in [1.54, 1.807) is 0 Å². The van der Waals surface area contributed by atoms with Crippen LogP contribution in [0.1, 0.15) is 0 Å². The van der Waals surface area contributed by atoms with Crippen molar-refractivity contribution in [2.24, 2.45) is 0 Å². The Kier molecular flexibility index (Phi) is 10.7. The van der Waals surface area contributed by atoms with Crippen LogP contribution in [0.4, 0.5) is 0 Å². The summed E-state index contributed by atoms with van der Waals surface area (Å²) < 4.78 is 9.36. The van der Waals surface area contributed by atoms with E-state index in [9.17, 15) is 0 Å². The van der Waals surface area contributed by atoms with Crippen molar-refractivity contribution in [1.29, 1.82) is 0 Å². The molecular formula is C86H50OS. The van der Waals surface area contributed by atoms with E-state index in [2.05, 4.69) is 303 Å². The van der Waals surface area contributed by atoms with Crippen molar-refractivity contribution in [2.45, 2.75) is 0 Å². The van der Waals surface area contributed by atoms with Gasteiger partial charge >= 0.3 is 0 Å². The minimum Gasteiger partial charge on any atom is -0.456 e. The van der Waals surface area contributed by atoms with Gasteiger partial charge in [-0.05, 0) is 214 Å². The third-order valence-corrected chi connectivity index (χ3v) is 20.2. The molecule has 406 valence electrons. The Morgan fingerprint density at radius 1 is 0.182 bits per heavy atom. The van der Waals surface area contributed by atoms with Crippen molar-refractivity contribution in [2.75, 3.05) is 0 Å². The standard InChI is InChI=1S/C86H50OS/c1-2-16-53(17-3-1)82-66-21-6-8-23-68(66)83(69-24-9-7-22-67(69)82)60-19-14-18-54(44-60)57-38-42-81-78(47-57)74-40-36-59-43-56(35-39-65(59)86(74)88-81)55-32-33-58-46-77-76-49-62(37-41-79(76)87-80(77)50-63(58)45-55)85-72-27-12-10-25-70(72)84(71-26-11-13-28-73(71)85)61-34-31-52-30-29-51-15-4-5-20-64(51)75(52)48-61/h1-50H. The molecule has 19 aromatic rings. The van der Waals surface area contributed by atoms with Gasteiger partial charge < -0.3 is 4.42 Å². The number of benzene rings is 17. The van der Waals surface area contributed by atoms with Crippen molar-refractivity contribution < 1.29 is 4.42 Å². The Hall–Kier alpha value is -11.2. The van der Waals surface area contributed by atoms with Gasteiger partial charge in [-0.2, -0.15) is 0 Å². The lowest BCUT2D eigenvalue weighted by molar-refractivity contribution is 0.669. The van der Waals surface area contributed by atoms with E-state index < -0.39 is 0 Å². The Morgan fingerprint density at radius 2 is 0.602 bits per heavy atom. The molecule has 1 nitrogen and oxygen atoms in total. The maximum Gasteiger partial charge on any atom is 0.136 e. The molecule has 0 N–H and O–H groups in total. The average molecular weight is 1130 g/mol. The molecule has 0 saturated carbocycles. The van der Waals surface area contributed by atoms with Gasteiger partial charge in [-0.1, -0.05) is 243 Å². The van der Waals surface area contributed by atoms with E-state index in [-0.39, 0.29) is 0 Å². The summed E-state index contributed by atoms with van der Waals surface area (Å²) in [6, 6.07) is 113. The van der Waals surface area contributed by atoms with E-state index in [1.165, 1.54) is 168 Å².